The van der Waals surface area contributed by atoms with Gasteiger partial charge in [0.1, 0.15) is 0 Å². The van der Waals surface area contributed by atoms with Crippen LogP contribution in [0.15, 0.2) is 30.3 Å². The lowest BCUT2D eigenvalue weighted by Gasteiger charge is -1.92. The van der Waals surface area contributed by atoms with Gasteiger partial charge in [-0.3, -0.25) is 4.79 Å². The lowest BCUT2D eigenvalue weighted by Crippen LogP contribution is -1.83. The number of carbonyl (C=O) groups is 1. The SMILES string of the molecule is Nc1ccc(C=CC(=O)Cl)cc1. The number of nitrogens with two attached hydrogens (primary N) is 1. The molecule has 0 saturated carbocycles. The molecule has 0 bridgehead atoms. The molecule has 0 atom stereocenters. The molecule has 0 radical (unpaired) electrons. The molecule has 2 N–H and O–H groups in total. The van der Waals surface area contributed by atoms with Crippen molar-refractivity contribution in [1.82, 2.24) is 0 Å². The van der Waals surface area contributed by atoms with E-state index in [2.05, 4.69) is 0 Å². The van der Waals surface area contributed by atoms with Crippen LogP contribution >= 0.6 is 11.6 Å². The van der Waals surface area contributed by atoms with E-state index in [4.69, 9.17) is 17.3 Å². The molecule has 0 heterocycles. The van der Waals surface area contributed by atoms with Crippen molar-refractivity contribution in [2.45, 2.75) is 0 Å². The van der Waals surface area contributed by atoms with Gasteiger partial charge in [0.15, 0.2) is 0 Å². The Morgan fingerprint density at radius 3 is 2.42 bits per heavy atom. The highest BCUT2D eigenvalue weighted by Gasteiger charge is 1.88. The zero-order valence-corrected chi connectivity index (χ0v) is 7.08. The van der Waals surface area contributed by atoms with Crippen LogP contribution in [0.2, 0.25) is 0 Å². The third kappa shape index (κ3) is 2.76. The van der Waals surface area contributed by atoms with Crippen LogP contribution < -0.4 is 5.73 Å². The number of rotatable bonds is 2. The summed E-state index contributed by atoms with van der Waals surface area (Å²) < 4.78 is 0. The Labute approximate surface area is 75.6 Å². The fourth-order valence-corrected chi connectivity index (χ4v) is 0.832. The van der Waals surface area contributed by atoms with E-state index >= 15 is 0 Å². The Morgan fingerprint density at radius 1 is 1.33 bits per heavy atom. The van der Waals surface area contributed by atoms with Gasteiger partial charge in [0.2, 0.25) is 5.24 Å². The van der Waals surface area contributed by atoms with Crippen LogP contribution in [0.5, 0.6) is 0 Å². The molecule has 62 valence electrons. The zero-order valence-electron chi connectivity index (χ0n) is 6.33. The number of hydrogen-bond acceptors (Lipinski definition) is 2. The molecule has 0 amide bonds. The van der Waals surface area contributed by atoms with Gasteiger partial charge in [-0.05, 0) is 35.4 Å². The topological polar surface area (TPSA) is 43.1 Å². The van der Waals surface area contributed by atoms with Crippen molar-refractivity contribution in [1.29, 1.82) is 0 Å². The molecule has 2 nitrogen and oxygen atoms in total. The average Bonchev–Trinajstić information content (AvgIpc) is 2.03. The summed E-state index contributed by atoms with van der Waals surface area (Å²) in [6.07, 6.45) is 2.93. The molecule has 0 saturated heterocycles. The van der Waals surface area contributed by atoms with Gasteiger partial charge in [0.05, 0.1) is 0 Å². The van der Waals surface area contributed by atoms with Gasteiger partial charge >= 0.3 is 0 Å². The van der Waals surface area contributed by atoms with Crippen LogP contribution in [0.4, 0.5) is 5.69 Å². The second-order valence-electron chi connectivity index (χ2n) is 2.30. The van der Waals surface area contributed by atoms with E-state index in [0.29, 0.717) is 5.69 Å². The summed E-state index contributed by atoms with van der Waals surface area (Å²) in [5.41, 5.74) is 7.07. The number of carbonyl (C=O) groups excluding carboxylic acids is 1. The molecule has 0 fully saturated rings. The monoisotopic (exact) mass is 181 g/mol. The lowest BCUT2D eigenvalue weighted by molar-refractivity contribution is -0.107. The first-order valence-corrected chi connectivity index (χ1v) is 3.79. The Hall–Kier alpha value is -1.28. The molecule has 0 spiro atoms. The van der Waals surface area contributed by atoms with Crippen molar-refractivity contribution in [3.05, 3.63) is 35.9 Å². The molecule has 0 unspecified atom stereocenters. The van der Waals surface area contributed by atoms with E-state index in [1.165, 1.54) is 6.08 Å². The minimum Gasteiger partial charge on any atom is -0.399 e. The zero-order chi connectivity index (χ0) is 8.97. The van der Waals surface area contributed by atoms with Crippen LogP contribution in [0, 0.1) is 0 Å². The van der Waals surface area contributed by atoms with Gasteiger partial charge < -0.3 is 5.73 Å². The quantitative estimate of drug-likeness (QED) is 0.431. The average molecular weight is 182 g/mol. The van der Waals surface area contributed by atoms with Crippen molar-refractivity contribution in [2.24, 2.45) is 0 Å². The number of allylic oxidation sites excluding steroid dienone is 1. The van der Waals surface area contributed by atoms with Crippen LogP contribution in [-0.2, 0) is 4.79 Å². The van der Waals surface area contributed by atoms with Crippen LogP contribution in [0.1, 0.15) is 5.56 Å². The molecule has 12 heavy (non-hydrogen) atoms. The largest absolute Gasteiger partial charge is 0.399 e. The van der Waals surface area contributed by atoms with E-state index < -0.39 is 5.24 Å². The maximum atomic E-state index is 10.3. The van der Waals surface area contributed by atoms with E-state index in [1.54, 1.807) is 18.2 Å². The minimum atomic E-state index is -0.480. The van der Waals surface area contributed by atoms with Gasteiger partial charge in [0, 0.05) is 5.69 Å². The maximum Gasteiger partial charge on any atom is 0.245 e. The highest BCUT2D eigenvalue weighted by Crippen LogP contribution is 2.06. The molecular weight excluding hydrogens is 174 g/mol. The fourth-order valence-electron chi connectivity index (χ4n) is 0.769. The molecule has 1 aromatic rings. The summed E-state index contributed by atoms with van der Waals surface area (Å²) in [5, 5.41) is -0.480. The normalized spacial score (nSPS) is 10.4. The first-order valence-electron chi connectivity index (χ1n) is 3.41. The van der Waals surface area contributed by atoms with E-state index in [1.807, 2.05) is 12.1 Å². The van der Waals surface area contributed by atoms with Crippen LogP contribution in [-0.4, -0.2) is 5.24 Å². The van der Waals surface area contributed by atoms with Gasteiger partial charge in [-0.15, -0.1) is 0 Å². The van der Waals surface area contributed by atoms with Crippen molar-refractivity contribution in [2.75, 3.05) is 5.73 Å². The Kier molecular flexibility index (Phi) is 2.88. The van der Waals surface area contributed by atoms with E-state index in [9.17, 15) is 4.79 Å². The molecule has 0 aromatic heterocycles. The smallest absolute Gasteiger partial charge is 0.245 e. The highest BCUT2D eigenvalue weighted by molar-refractivity contribution is 6.66. The summed E-state index contributed by atoms with van der Waals surface area (Å²) in [7, 11) is 0. The molecule has 3 heteroatoms. The van der Waals surface area contributed by atoms with Crippen LogP contribution in [0.3, 0.4) is 0 Å². The van der Waals surface area contributed by atoms with Gasteiger partial charge in [-0.1, -0.05) is 18.2 Å². The third-order valence-electron chi connectivity index (χ3n) is 1.34. The fraction of sp³-hybridized carbons (Fsp3) is 0. The Balaban J connectivity index is 2.77. The Bertz CT molecular complexity index is 303. The van der Waals surface area contributed by atoms with Gasteiger partial charge in [0.25, 0.3) is 0 Å². The standard InChI is InChI=1S/C9H8ClNO/c10-9(12)6-3-7-1-4-8(11)5-2-7/h1-6H,11H2. The van der Waals surface area contributed by atoms with Crippen molar-refractivity contribution in [3.8, 4) is 0 Å². The minimum absolute atomic E-state index is 0.480. The van der Waals surface area contributed by atoms with Crippen molar-refractivity contribution >= 4 is 28.6 Å². The predicted octanol–water partition coefficient (Wildman–Crippen LogP) is 2.05. The number of benzene rings is 1. The summed E-state index contributed by atoms with van der Waals surface area (Å²) >= 11 is 5.11. The number of halogens is 1. The Morgan fingerprint density at radius 2 is 1.92 bits per heavy atom. The molecule has 0 aliphatic rings. The summed E-state index contributed by atoms with van der Waals surface area (Å²) in [6.45, 7) is 0. The number of nitrogen functional groups attached to an aromatic ring is 1. The predicted molar refractivity (Wildman–Crippen MR) is 50.7 cm³/mol. The lowest BCUT2D eigenvalue weighted by atomic mass is 10.2. The molecule has 1 rings (SSSR count). The molecule has 0 aliphatic heterocycles. The van der Waals surface area contributed by atoms with Crippen LogP contribution in [0.25, 0.3) is 6.08 Å². The summed E-state index contributed by atoms with van der Waals surface area (Å²) in [4.78, 5) is 10.3. The van der Waals surface area contributed by atoms with Crippen molar-refractivity contribution in [3.63, 3.8) is 0 Å². The van der Waals surface area contributed by atoms with E-state index in [0.717, 1.165) is 5.56 Å². The highest BCUT2D eigenvalue weighted by atomic mass is 35.5. The number of hydrogen-bond donors (Lipinski definition) is 1. The van der Waals surface area contributed by atoms with E-state index in [-0.39, 0.29) is 0 Å². The second-order valence-corrected chi connectivity index (χ2v) is 2.68. The molecule has 0 aliphatic carbocycles. The third-order valence-corrected chi connectivity index (χ3v) is 1.47. The van der Waals surface area contributed by atoms with Crippen molar-refractivity contribution < 1.29 is 4.79 Å². The van der Waals surface area contributed by atoms with Gasteiger partial charge in [-0.25, -0.2) is 0 Å². The molecule has 1 aromatic carbocycles. The second kappa shape index (κ2) is 3.93. The summed E-state index contributed by atoms with van der Waals surface area (Å²) in [6, 6.07) is 7.15. The first kappa shape index (κ1) is 8.81. The summed E-state index contributed by atoms with van der Waals surface area (Å²) in [5.74, 6) is 0. The van der Waals surface area contributed by atoms with Gasteiger partial charge in [-0.2, -0.15) is 0 Å². The maximum absolute atomic E-state index is 10.3. The first-order chi connectivity index (χ1) is 5.68. The molecular formula is C9H8ClNO. The number of anilines is 1.